The van der Waals surface area contributed by atoms with Gasteiger partial charge in [-0.1, -0.05) is 57.9 Å². The second kappa shape index (κ2) is 10.5. The van der Waals surface area contributed by atoms with Crippen molar-refractivity contribution >= 4 is 0 Å². The predicted octanol–water partition coefficient (Wildman–Crippen LogP) is 8.25. The fourth-order valence-corrected chi connectivity index (χ4v) is 8.94. The Labute approximate surface area is 208 Å². The molecule has 0 bridgehead atoms. The molecule has 2 nitrogen and oxygen atoms in total. The van der Waals surface area contributed by atoms with Crippen molar-refractivity contribution in [2.45, 2.75) is 122 Å². The maximum absolute atomic E-state index is 7.02. The van der Waals surface area contributed by atoms with Crippen LogP contribution in [0.2, 0.25) is 0 Å². The van der Waals surface area contributed by atoms with Crippen molar-refractivity contribution in [2.75, 3.05) is 13.2 Å². The van der Waals surface area contributed by atoms with E-state index >= 15 is 0 Å². The van der Waals surface area contributed by atoms with E-state index < -0.39 is 0 Å². The smallest absolute Gasteiger partial charge is 0.123 e. The molecule has 3 fully saturated rings. The van der Waals surface area contributed by atoms with E-state index in [4.69, 9.17) is 9.47 Å². The molecule has 1 heterocycles. The fourth-order valence-electron chi connectivity index (χ4n) is 8.94. The van der Waals surface area contributed by atoms with Crippen LogP contribution < -0.4 is 4.74 Å². The molecule has 2 heteroatoms. The normalized spacial score (nSPS) is 38.1. The van der Waals surface area contributed by atoms with E-state index in [0.717, 1.165) is 36.9 Å². The summed E-state index contributed by atoms with van der Waals surface area (Å²) in [4.78, 5) is 0. The van der Waals surface area contributed by atoms with Crippen LogP contribution in [0.1, 0.15) is 119 Å². The number of aryl methyl sites for hydroxylation is 1. The molecule has 5 aliphatic rings. The van der Waals surface area contributed by atoms with Gasteiger partial charge in [0.1, 0.15) is 5.75 Å². The fraction of sp³-hybridized carbons (Fsp3) is 0.812. The first-order valence-electron chi connectivity index (χ1n) is 15.2. The zero-order valence-corrected chi connectivity index (χ0v) is 21.7. The minimum absolute atomic E-state index is 0.409. The summed E-state index contributed by atoms with van der Waals surface area (Å²) >= 11 is 0. The molecule has 4 aliphatic carbocycles. The summed E-state index contributed by atoms with van der Waals surface area (Å²) < 4.78 is 13.9. The third-order valence-corrected chi connectivity index (χ3v) is 10.8. The molecule has 0 spiro atoms. The number of hydrogen-bond acceptors (Lipinski definition) is 2. The second-order valence-corrected chi connectivity index (χ2v) is 12.6. The lowest BCUT2D eigenvalue weighted by molar-refractivity contribution is -0.0555. The van der Waals surface area contributed by atoms with Gasteiger partial charge in [-0.05, 0) is 98.7 Å². The quantitative estimate of drug-likeness (QED) is 0.448. The minimum atomic E-state index is 0.409. The van der Waals surface area contributed by atoms with E-state index in [9.17, 15) is 0 Å². The van der Waals surface area contributed by atoms with Crippen LogP contribution in [-0.2, 0) is 17.6 Å². The van der Waals surface area contributed by atoms with Crippen molar-refractivity contribution < 1.29 is 9.47 Å². The zero-order chi connectivity index (χ0) is 22.9. The van der Waals surface area contributed by atoms with Crippen LogP contribution in [0.15, 0.2) is 12.1 Å². The van der Waals surface area contributed by atoms with Crippen molar-refractivity contribution in [3.05, 3.63) is 28.8 Å². The summed E-state index contributed by atoms with van der Waals surface area (Å²) in [5.74, 6) is 5.86. The average molecular weight is 465 g/mol. The van der Waals surface area contributed by atoms with Crippen LogP contribution in [0.5, 0.6) is 5.75 Å². The lowest BCUT2D eigenvalue weighted by atomic mass is 9.61. The first-order chi connectivity index (χ1) is 16.8. The maximum atomic E-state index is 7.02. The van der Waals surface area contributed by atoms with Crippen LogP contribution in [0.4, 0.5) is 0 Å². The summed E-state index contributed by atoms with van der Waals surface area (Å²) in [6, 6.07) is 4.80. The monoisotopic (exact) mass is 464 g/mol. The summed E-state index contributed by atoms with van der Waals surface area (Å²) in [5.41, 5.74) is 4.91. The van der Waals surface area contributed by atoms with Gasteiger partial charge < -0.3 is 9.47 Å². The lowest BCUT2D eigenvalue weighted by Crippen LogP contribution is -2.41. The van der Waals surface area contributed by atoms with E-state index in [1.54, 1.807) is 16.7 Å². The Kier molecular flexibility index (Phi) is 7.24. The Bertz CT molecular complexity index is 823. The Morgan fingerprint density at radius 3 is 2.47 bits per heavy atom. The molecule has 3 saturated carbocycles. The molecule has 4 unspecified atom stereocenters. The molecule has 0 saturated heterocycles. The van der Waals surface area contributed by atoms with Crippen LogP contribution in [0.25, 0.3) is 0 Å². The zero-order valence-electron chi connectivity index (χ0n) is 21.7. The Morgan fingerprint density at radius 2 is 1.59 bits per heavy atom. The Balaban J connectivity index is 1.31. The summed E-state index contributed by atoms with van der Waals surface area (Å²) in [5, 5.41) is 0. The predicted molar refractivity (Wildman–Crippen MR) is 140 cm³/mol. The molecule has 6 rings (SSSR count). The number of hydrogen-bond donors (Lipinski definition) is 0. The molecular formula is C32H48O2. The average Bonchev–Trinajstić information content (AvgIpc) is 2.97. The third kappa shape index (κ3) is 4.58. The lowest BCUT2D eigenvalue weighted by Gasteiger charge is -2.47. The largest absolute Gasteiger partial charge is 0.493 e. The highest BCUT2D eigenvalue weighted by Crippen LogP contribution is 2.53. The van der Waals surface area contributed by atoms with Crippen LogP contribution in [0, 0.1) is 29.6 Å². The van der Waals surface area contributed by atoms with E-state index in [0.29, 0.717) is 17.9 Å². The van der Waals surface area contributed by atoms with Gasteiger partial charge in [-0.15, -0.1) is 0 Å². The van der Waals surface area contributed by atoms with Crippen LogP contribution in [-0.4, -0.2) is 19.3 Å². The topological polar surface area (TPSA) is 18.5 Å². The molecule has 34 heavy (non-hydrogen) atoms. The first-order valence-corrected chi connectivity index (χ1v) is 15.2. The molecule has 1 aliphatic heterocycles. The van der Waals surface area contributed by atoms with Gasteiger partial charge in [-0.3, -0.25) is 0 Å². The second-order valence-electron chi connectivity index (χ2n) is 12.6. The van der Waals surface area contributed by atoms with Gasteiger partial charge in [0.25, 0.3) is 0 Å². The number of ether oxygens (including phenoxy) is 2. The molecule has 0 aromatic heterocycles. The number of rotatable bonds is 3. The SMILES string of the molecule is CCCC1CCC(C2COc3ccc4c(c3C3C(CCC5CCCC[C@H]53)OC2)CCCC4)CC1. The van der Waals surface area contributed by atoms with Gasteiger partial charge in [-0.2, -0.15) is 0 Å². The van der Waals surface area contributed by atoms with E-state index in [2.05, 4.69) is 19.1 Å². The van der Waals surface area contributed by atoms with Crippen molar-refractivity contribution in [1.29, 1.82) is 0 Å². The molecule has 0 amide bonds. The minimum Gasteiger partial charge on any atom is -0.493 e. The molecular weight excluding hydrogens is 416 g/mol. The highest BCUT2D eigenvalue weighted by molar-refractivity contribution is 5.49. The van der Waals surface area contributed by atoms with Crippen molar-refractivity contribution in [1.82, 2.24) is 0 Å². The Hall–Kier alpha value is -1.02. The van der Waals surface area contributed by atoms with Gasteiger partial charge >= 0.3 is 0 Å². The third-order valence-electron chi connectivity index (χ3n) is 10.8. The van der Waals surface area contributed by atoms with Gasteiger partial charge in [0.05, 0.1) is 19.3 Å². The standard InChI is InChI=1S/C32H48O2/c1-2-7-22-12-14-23(15-13-22)26-20-33-29-18-16-24-8-3-5-10-27(24)31(29)32-28-11-6-4-9-25(28)17-19-30(32)34-21-26/h16,18,22-23,25-26,28,30,32H,2-15,17,19-21H2,1H3/t22?,23?,25?,26?,28-,30?,32?/m1/s1. The van der Waals surface area contributed by atoms with Crippen molar-refractivity contribution in [3.63, 3.8) is 0 Å². The van der Waals surface area contributed by atoms with Crippen molar-refractivity contribution in [2.24, 2.45) is 29.6 Å². The summed E-state index contributed by atoms with van der Waals surface area (Å²) in [6.07, 6.45) is 22.4. The maximum Gasteiger partial charge on any atom is 0.123 e. The van der Waals surface area contributed by atoms with Gasteiger partial charge in [-0.25, -0.2) is 0 Å². The molecule has 1 aromatic rings. The summed E-state index contributed by atoms with van der Waals surface area (Å²) in [7, 11) is 0. The van der Waals surface area contributed by atoms with E-state index in [-0.39, 0.29) is 0 Å². The van der Waals surface area contributed by atoms with Crippen LogP contribution >= 0.6 is 0 Å². The van der Waals surface area contributed by atoms with Gasteiger partial charge in [0.15, 0.2) is 0 Å². The van der Waals surface area contributed by atoms with Gasteiger partial charge in [0, 0.05) is 17.4 Å². The molecule has 0 N–H and O–H groups in total. The summed E-state index contributed by atoms with van der Waals surface area (Å²) in [6.45, 7) is 4.14. The molecule has 0 radical (unpaired) electrons. The highest BCUT2D eigenvalue weighted by atomic mass is 16.5. The van der Waals surface area contributed by atoms with Crippen molar-refractivity contribution in [3.8, 4) is 5.75 Å². The molecule has 1 aromatic carbocycles. The first kappa shape index (κ1) is 23.4. The highest BCUT2D eigenvalue weighted by Gasteiger charge is 2.45. The number of benzene rings is 1. The van der Waals surface area contributed by atoms with Gasteiger partial charge in [0.2, 0.25) is 0 Å². The molecule has 188 valence electrons. The van der Waals surface area contributed by atoms with Crippen LogP contribution in [0.3, 0.4) is 0 Å². The van der Waals surface area contributed by atoms with E-state index in [1.165, 1.54) is 108 Å². The Morgan fingerprint density at radius 1 is 0.765 bits per heavy atom. The van der Waals surface area contributed by atoms with E-state index in [1.807, 2.05) is 0 Å². The molecule has 5 atom stereocenters. The number of fused-ring (bicyclic) bond motifs is 7.